The molecule has 2 amide bonds. The summed E-state index contributed by atoms with van der Waals surface area (Å²) in [6, 6.07) is 7.86. The van der Waals surface area contributed by atoms with Crippen LogP contribution in [0.3, 0.4) is 0 Å². The first kappa shape index (κ1) is 12.6. The van der Waals surface area contributed by atoms with Crippen molar-refractivity contribution in [1.29, 1.82) is 0 Å². The molecule has 4 heteroatoms. The summed E-state index contributed by atoms with van der Waals surface area (Å²) < 4.78 is 0. The highest BCUT2D eigenvalue weighted by molar-refractivity contribution is 5.98. The number of hydrogen-bond acceptors (Lipinski definition) is 2. The highest BCUT2D eigenvalue weighted by Gasteiger charge is 2.32. The zero-order valence-electron chi connectivity index (χ0n) is 10.8. The number of amides is 2. The third-order valence-corrected chi connectivity index (χ3v) is 3.45. The Morgan fingerprint density at radius 3 is 2.67 bits per heavy atom. The number of anilines is 1. The molecular formula is C14H18N2O2. The van der Waals surface area contributed by atoms with Crippen molar-refractivity contribution in [2.75, 3.05) is 11.4 Å². The predicted octanol–water partition coefficient (Wildman–Crippen LogP) is 1.48. The number of benzene rings is 1. The van der Waals surface area contributed by atoms with Crippen molar-refractivity contribution in [3.63, 3.8) is 0 Å². The fraction of sp³-hybridized carbons (Fsp3) is 0.429. The maximum atomic E-state index is 12.2. The Kier molecular flexibility index (Phi) is 3.11. The summed E-state index contributed by atoms with van der Waals surface area (Å²) in [7, 11) is 0. The van der Waals surface area contributed by atoms with Crippen LogP contribution in [-0.2, 0) is 16.0 Å². The fourth-order valence-electron chi connectivity index (χ4n) is 2.16. The van der Waals surface area contributed by atoms with Crippen LogP contribution in [0.1, 0.15) is 25.8 Å². The average Bonchev–Trinajstić information content (AvgIpc) is 2.71. The lowest BCUT2D eigenvalue weighted by Crippen LogP contribution is -2.39. The van der Waals surface area contributed by atoms with Gasteiger partial charge in [0.05, 0.1) is 5.41 Å². The molecule has 0 bridgehead atoms. The molecule has 1 aromatic rings. The molecular weight excluding hydrogens is 228 g/mol. The van der Waals surface area contributed by atoms with Crippen LogP contribution in [0, 0.1) is 5.41 Å². The van der Waals surface area contributed by atoms with Gasteiger partial charge < -0.3 is 10.6 Å². The van der Waals surface area contributed by atoms with Gasteiger partial charge >= 0.3 is 0 Å². The first-order chi connectivity index (χ1) is 8.42. The van der Waals surface area contributed by atoms with E-state index in [9.17, 15) is 9.59 Å². The first-order valence-electron chi connectivity index (χ1n) is 6.10. The maximum absolute atomic E-state index is 12.2. The van der Waals surface area contributed by atoms with Gasteiger partial charge in [0.2, 0.25) is 11.8 Å². The summed E-state index contributed by atoms with van der Waals surface area (Å²) >= 11 is 0. The van der Waals surface area contributed by atoms with Gasteiger partial charge in [-0.1, -0.05) is 32.0 Å². The van der Waals surface area contributed by atoms with Gasteiger partial charge in [-0.3, -0.25) is 9.59 Å². The van der Waals surface area contributed by atoms with Crippen molar-refractivity contribution in [2.45, 2.75) is 26.7 Å². The molecule has 0 radical (unpaired) electrons. The molecule has 1 aliphatic rings. The van der Waals surface area contributed by atoms with Gasteiger partial charge in [0, 0.05) is 18.7 Å². The average molecular weight is 246 g/mol. The summed E-state index contributed by atoms with van der Waals surface area (Å²) in [6.45, 7) is 4.09. The van der Waals surface area contributed by atoms with Crippen LogP contribution in [0.15, 0.2) is 24.3 Å². The zero-order chi connectivity index (χ0) is 13.3. The summed E-state index contributed by atoms with van der Waals surface area (Å²) in [5, 5.41) is 0. The van der Waals surface area contributed by atoms with Gasteiger partial charge in [-0.05, 0) is 18.1 Å². The molecule has 2 N–H and O–H groups in total. The Bertz CT molecular complexity index is 494. The number of hydrogen-bond donors (Lipinski definition) is 1. The van der Waals surface area contributed by atoms with Crippen LogP contribution in [0.5, 0.6) is 0 Å². The topological polar surface area (TPSA) is 63.4 Å². The van der Waals surface area contributed by atoms with E-state index in [4.69, 9.17) is 5.73 Å². The summed E-state index contributed by atoms with van der Waals surface area (Å²) in [5.41, 5.74) is 6.65. The Labute approximate surface area is 107 Å². The van der Waals surface area contributed by atoms with Crippen molar-refractivity contribution in [1.82, 2.24) is 0 Å². The van der Waals surface area contributed by atoms with Crippen molar-refractivity contribution < 1.29 is 9.59 Å². The number of rotatable bonds is 3. The van der Waals surface area contributed by atoms with Gasteiger partial charge in [-0.25, -0.2) is 0 Å². The van der Waals surface area contributed by atoms with E-state index in [1.807, 2.05) is 24.3 Å². The van der Waals surface area contributed by atoms with Gasteiger partial charge in [-0.15, -0.1) is 0 Å². The molecule has 1 aliphatic heterocycles. The van der Waals surface area contributed by atoms with E-state index in [2.05, 4.69) is 0 Å². The molecule has 0 aromatic heterocycles. The summed E-state index contributed by atoms with van der Waals surface area (Å²) in [5.74, 6) is -0.480. The molecule has 0 fully saturated rings. The van der Waals surface area contributed by atoms with E-state index in [0.717, 1.165) is 12.1 Å². The molecule has 0 atom stereocenters. The monoisotopic (exact) mass is 246 g/mol. The van der Waals surface area contributed by atoms with Crippen LogP contribution in [-0.4, -0.2) is 18.4 Å². The fourth-order valence-corrected chi connectivity index (χ4v) is 2.16. The van der Waals surface area contributed by atoms with E-state index in [0.29, 0.717) is 6.54 Å². The van der Waals surface area contributed by atoms with Crippen LogP contribution in [0.4, 0.5) is 5.69 Å². The SMILES string of the molecule is CC(C)(CC(=O)N1CCc2ccccc21)C(N)=O. The summed E-state index contributed by atoms with van der Waals surface area (Å²) in [6.07, 6.45) is 1.02. The Balaban J connectivity index is 2.15. The lowest BCUT2D eigenvalue weighted by Gasteiger charge is -2.24. The minimum Gasteiger partial charge on any atom is -0.369 e. The maximum Gasteiger partial charge on any atom is 0.228 e. The Morgan fingerprint density at radius 1 is 1.33 bits per heavy atom. The molecule has 96 valence electrons. The van der Waals surface area contributed by atoms with Crippen molar-refractivity contribution in [3.05, 3.63) is 29.8 Å². The predicted molar refractivity (Wildman–Crippen MR) is 70.1 cm³/mol. The third-order valence-electron chi connectivity index (χ3n) is 3.45. The second-order valence-electron chi connectivity index (χ2n) is 5.35. The van der Waals surface area contributed by atoms with Crippen LogP contribution in [0.25, 0.3) is 0 Å². The molecule has 4 nitrogen and oxygen atoms in total. The second kappa shape index (κ2) is 4.44. The van der Waals surface area contributed by atoms with Crippen LogP contribution < -0.4 is 10.6 Å². The Hall–Kier alpha value is -1.84. The molecule has 0 saturated heterocycles. The molecule has 1 heterocycles. The number of carbonyl (C=O) groups is 2. The molecule has 0 spiro atoms. The van der Waals surface area contributed by atoms with Crippen molar-refractivity contribution in [2.24, 2.45) is 11.1 Å². The molecule has 2 rings (SSSR count). The van der Waals surface area contributed by atoms with Crippen molar-refractivity contribution >= 4 is 17.5 Å². The summed E-state index contributed by atoms with van der Waals surface area (Å²) in [4.78, 5) is 25.3. The van der Waals surface area contributed by atoms with Gasteiger partial charge in [0.1, 0.15) is 0 Å². The third kappa shape index (κ3) is 2.23. The molecule has 0 aliphatic carbocycles. The number of nitrogens with two attached hydrogens (primary N) is 1. The number of fused-ring (bicyclic) bond motifs is 1. The smallest absolute Gasteiger partial charge is 0.228 e. The Morgan fingerprint density at radius 2 is 2.00 bits per heavy atom. The van der Waals surface area contributed by atoms with E-state index in [-0.39, 0.29) is 12.3 Å². The number of primary amides is 1. The van der Waals surface area contributed by atoms with E-state index in [1.165, 1.54) is 5.56 Å². The number of carbonyl (C=O) groups excluding carboxylic acids is 2. The van der Waals surface area contributed by atoms with Gasteiger partial charge in [-0.2, -0.15) is 0 Å². The van der Waals surface area contributed by atoms with Gasteiger partial charge in [0.15, 0.2) is 0 Å². The molecule has 0 unspecified atom stereocenters. The first-order valence-corrected chi connectivity index (χ1v) is 6.10. The highest BCUT2D eigenvalue weighted by atomic mass is 16.2. The van der Waals surface area contributed by atoms with E-state index < -0.39 is 11.3 Å². The normalized spacial score (nSPS) is 14.4. The van der Waals surface area contributed by atoms with Crippen LogP contribution in [0.2, 0.25) is 0 Å². The van der Waals surface area contributed by atoms with Gasteiger partial charge in [0.25, 0.3) is 0 Å². The number of para-hydroxylation sites is 1. The lowest BCUT2D eigenvalue weighted by molar-refractivity contribution is -0.131. The van der Waals surface area contributed by atoms with Crippen molar-refractivity contribution in [3.8, 4) is 0 Å². The lowest BCUT2D eigenvalue weighted by atomic mass is 9.88. The second-order valence-corrected chi connectivity index (χ2v) is 5.35. The largest absolute Gasteiger partial charge is 0.369 e. The molecule has 0 saturated carbocycles. The van der Waals surface area contributed by atoms with Crippen LogP contribution >= 0.6 is 0 Å². The minimum atomic E-state index is -0.797. The van der Waals surface area contributed by atoms with E-state index >= 15 is 0 Å². The molecule has 18 heavy (non-hydrogen) atoms. The molecule has 1 aromatic carbocycles. The highest BCUT2D eigenvalue weighted by Crippen LogP contribution is 2.30. The quantitative estimate of drug-likeness (QED) is 0.878. The standard InChI is InChI=1S/C14H18N2O2/c1-14(2,13(15)18)9-12(17)16-8-7-10-5-3-4-6-11(10)16/h3-6H,7-9H2,1-2H3,(H2,15,18). The van der Waals surface area contributed by atoms with E-state index in [1.54, 1.807) is 18.7 Å². The minimum absolute atomic E-state index is 0.0382. The zero-order valence-corrected chi connectivity index (χ0v) is 10.8. The number of nitrogens with zero attached hydrogens (tertiary/aromatic N) is 1.